The molecule has 1 N–H and O–H groups in total. The van der Waals surface area contributed by atoms with Gasteiger partial charge >= 0.3 is 5.97 Å². The molecule has 0 unspecified atom stereocenters. The lowest BCUT2D eigenvalue weighted by atomic mass is 10.4. The van der Waals surface area contributed by atoms with Crippen LogP contribution in [0, 0.1) is 0 Å². The monoisotopic (exact) mass is 207 g/mol. The number of hydrogen-bond donors (Lipinski definition) is 1. The Labute approximate surface area is 85.1 Å². The molecular weight excluding hydrogens is 198 g/mol. The molecule has 0 spiro atoms. The van der Waals surface area contributed by atoms with Gasteiger partial charge in [0.2, 0.25) is 5.89 Å². The van der Waals surface area contributed by atoms with Crippen molar-refractivity contribution in [2.45, 2.75) is 13.0 Å². The average Bonchev–Trinajstić information content (AvgIpc) is 2.86. The van der Waals surface area contributed by atoms with Gasteiger partial charge < -0.3 is 14.2 Å². The number of aromatic nitrogens is 3. The number of carbonyl (C=O) groups is 1. The predicted octanol–water partition coefficient (Wildman–Crippen LogP) is 0.812. The molecule has 0 aliphatic heterocycles. The number of hydrogen-bond acceptors (Lipinski definition) is 4. The van der Waals surface area contributed by atoms with E-state index in [0.717, 1.165) is 0 Å². The lowest BCUT2D eigenvalue weighted by Gasteiger charge is -2.03. The summed E-state index contributed by atoms with van der Waals surface area (Å²) < 4.78 is 6.44. The highest BCUT2D eigenvalue weighted by Gasteiger charge is 2.09. The third-order valence-corrected chi connectivity index (χ3v) is 2.02. The molecule has 0 saturated heterocycles. The van der Waals surface area contributed by atoms with Gasteiger partial charge in [0.25, 0.3) is 0 Å². The summed E-state index contributed by atoms with van der Waals surface area (Å²) in [6.45, 7) is 0.511. The molecule has 2 aromatic heterocycles. The van der Waals surface area contributed by atoms with Crippen LogP contribution in [0.25, 0.3) is 0 Å². The van der Waals surface area contributed by atoms with Crippen LogP contribution in [0.3, 0.4) is 0 Å². The van der Waals surface area contributed by atoms with E-state index in [9.17, 15) is 4.79 Å². The minimum Gasteiger partial charge on any atom is -0.477 e. The maximum absolute atomic E-state index is 10.8. The SMILES string of the molecule is O=C(O)c1cccn1CCc1ncno1. The molecule has 2 heterocycles. The first-order valence-electron chi connectivity index (χ1n) is 4.41. The molecule has 78 valence electrons. The van der Waals surface area contributed by atoms with E-state index in [2.05, 4.69) is 10.1 Å². The van der Waals surface area contributed by atoms with Crippen LogP contribution in [0.4, 0.5) is 0 Å². The summed E-state index contributed by atoms with van der Waals surface area (Å²) in [5.74, 6) is -0.439. The maximum atomic E-state index is 10.8. The van der Waals surface area contributed by atoms with Gasteiger partial charge in [-0.1, -0.05) is 5.16 Å². The molecule has 0 amide bonds. The molecule has 0 bridgehead atoms. The Bertz CT molecular complexity index is 447. The van der Waals surface area contributed by atoms with Crippen LogP contribution in [0.5, 0.6) is 0 Å². The molecule has 15 heavy (non-hydrogen) atoms. The zero-order valence-electron chi connectivity index (χ0n) is 7.83. The van der Waals surface area contributed by atoms with Gasteiger partial charge in [-0.3, -0.25) is 0 Å². The molecular formula is C9H9N3O3. The number of carboxylic acid groups (broad SMARTS) is 1. The van der Waals surface area contributed by atoms with E-state index in [1.807, 2.05) is 0 Å². The van der Waals surface area contributed by atoms with Crippen LogP contribution < -0.4 is 0 Å². The van der Waals surface area contributed by atoms with Gasteiger partial charge in [0.05, 0.1) is 0 Å². The van der Waals surface area contributed by atoms with Crippen molar-refractivity contribution in [3.63, 3.8) is 0 Å². The van der Waals surface area contributed by atoms with Crippen LogP contribution in [-0.4, -0.2) is 25.8 Å². The van der Waals surface area contributed by atoms with E-state index in [1.165, 1.54) is 6.33 Å². The molecule has 2 aromatic rings. The Morgan fingerprint density at radius 3 is 3.13 bits per heavy atom. The Morgan fingerprint density at radius 1 is 1.60 bits per heavy atom. The number of nitrogens with zero attached hydrogens (tertiary/aromatic N) is 3. The van der Waals surface area contributed by atoms with Gasteiger partial charge in [-0.05, 0) is 12.1 Å². The van der Waals surface area contributed by atoms with Gasteiger partial charge in [-0.25, -0.2) is 4.79 Å². The first-order chi connectivity index (χ1) is 7.27. The van der Waals surface area contributed by atoms with Gasteiger partial charge in [0.1, 0.15) is 5.69 Å². The van der Waals surface area contributed by atoms with Crippen molar-refractivity contribution in [3.05, 3.63) is 36.2 Å². The zero-order chi connectivity index (χ0) is 10.7. The van der Waals surface area contributed by atoms with Crippen molar-refractivity contribution >= 4 is 5.97 Å². The van der Waals surface area contributed by atoms with Gasteiger partial charge in [0, 0.05) is 19.2 Å². The van der Waals surface area contributed by atoms with Crippen LogP contribution in [0.2, 0.25) is 0 Å². The number of aryl methyl sites for hydroxylation is 2. The summed E-state index contributed by atoms with van der Waals surface area (Å²) in [4.78, 5) is 14.6. The van der Waals surface area contributed by atoms with Gasteiger partial charge in [-0.15, -0.1) is 0 Å². The fourth-order valence-corrected chi connectivity index (χ4v) is 1.33. The van der Waals surface area contributed by atoms with Gasteiger partial charge in [0.15, 0.2) is 6.33 Å². The normalized spacial score (nSPS) is 10.4. The lowest BCUT2D eigenvalue weighted by Crippen LogP contribution is -2.09. The summed E-state index contributed by atoms with van der Waals surface area (Å²) >= 11 is 0. The van der Waals surface area contributed by atoms with Crippen LogP contribution in [-0.2, 0) is 13.0 Å². The van der Waals surface area contributed by atoms with E-state index in [4.69, 9.17) is 9.63 Å². The molecule has 0 fully saturated rings. The van der Waals surface area contributed by atoms with Crippen molar-refractivity contribution in [2.75, 3.05) is 0 Å². The largest absolute Gasteiger partial charge is 0.477 e. The highest BCUT2D eigenvalue weighted by atomic mass is 16.5. The van der Waals surface area contributed by atoms with E-state index >= 15 is 0 Å². The van der Waals surface area contributed by atoms with Crippen molar-refractivity contribution in [1.82, 2.24) is 14.7 Å². The molecule has 0 radical (unpaired) electrons. The fourth-order valence-electron chi connectivity index (χ4n) is 1.33. The van der Waals surface area contributed by atoms with E-state index in [-0.39, 0.29) is 5.69 Å². The molecule has 0 aromatic carbocycles. The van der Waals surface area contributed by atoms with Crippen molar-refractivity contribution in [3.8, 4) is 0 Å². The van der Waals surface area contributed by atoms with E-state index in [1.54, 1.807) is 22.9 Å². The summed E-state index contributed by atoms with van der Waals surface area (Å²) in [5, 5.41) is 12.3. The summed E-state index contributed by atoms with van der Waals surface area (Å²) in [6.07, 6.45) is 3.55. The smallest absolute Gasteiger partial charge is 0.352 e. The van der Waals surface area contributed by atoms with Crippen LogP contribution in [0.15, 0.2) is 29.2 Å². The molecule has 0 saturated carbocycles. The Hall–Kier alpha value is -2.11. The predicted molar refractivity (Wildman–Crippen MR) is 49.4 cm³/mol. The van der Waals surface area contributed by atoms with Crippen molar-refractivity contribution < 1.29 is 14.4 Å². The van der Waals surface area contributed by atoms with Gasteiger partial charge in [-0.2, -0.15) is 4.98 Å². The first kappa shape index (κ1) is 9.45. The second-order valence-corrected chi connectivity index (χ2v) is 2.98. The highest BCUT2D eigenvalue weighted by Crippen LogP contribution is 2.04. The van der Waals surface area contributed by atoms with Crippen LogP contribution >= 0.6 is 0 Å². The Kier molecular flexibility index (Phi) is 2.49. The maximum Gasteiger partial charge on any atom is 0.352 e. The summed E-state index contributed by atoms with van der Waals surface area (Å²) in [5.41, 5.74) is 0.259. The van der Waals surface area contributed by atoms with Crippen molar-refractivity contribution in [2.24, 2.45) is 0 Å². The minimum absolute atomic E-state index is 0.259. The molecule has 6 heteroatoms. The average molecular weight is 207 g/mol. The summed E-state index contributed by atoms with van der Waals surface area (Å²) in [6, 6.07) is 3.24. The number of aromatic carboxylic acids is 1. The molecule has 0 aliphatic rings. The summed E-state index contributed by atoms with van der Waals surface area (Å²) in [7, 11) is 0. The Morgan fingerprint density at radius 2 is 2.47 bits per heavy atom. The van der Waals surface area contributed by atoms with E-state index in [0.29, 0.717) is 18.9 Å². The first-order valence-corrected chi connectivity index (χ1v) is 4.41. The standard InChI is InChI=1S/C9H9N3O3/c13-9(14)7-2-1-4-12(7)5-3-8-10-6-11-15-8/h1-2,4,6H,3,5H2,(H,13,14). The fraction of sp³-hybridized carbons (Fsp3) is 0.222. The Balaban J connectivity index is 2.05. The molecule has 0 atom stereocenters. The minimum atomic E-state index is -0.939. The van der Waals surface area contributed by atoms with Crippen LogP contribution in [0.1, 0.15) is 16.4 Å². The highest BCUT2D eigenvalue weighted by molar-refractivity contribution is 5.85. The van der Waals surface area contributed by atoms with Crippen molar-refractivity contribution in [1.29, 1.82) is 0 Å². The molecule has 6 nitrogen and oxygen atoms in total. The second-order valence-electron chi connectivity index (χ2n) is 2.98. The third-order valence-electron chi connectivity index (χ3n) is 2.02. The third kappa shape index (κ3) is 2.04. The number of carboxylic acids is 1. The molecule has 0 aliphatic carbocycles. The lowest BCUT2D eigenvalue weighted by molar-refractivity contribution is 0.0685. The second kappa shape index (κ2) is 3.95. The van der Waals surface area contributed by atoms with E-state index < -0.39 is 5.97 Å². The topological polar surface area (TPSA) is 81.1 Å². The molecule has 2 rings (SSSR count). The number of rotatable bonds is 4. The quantitative estimate of drug-likeness (QED) is 0.802. The zero-order valence-corrected chi connectivity index (χ0v) is 7.83.